The highest BCUT2D eigenvalue weighted by molar-refractivity contribution is 5.97. The van der Waals surface area contributed by atoms with Gasteiger partial charge in [0, 0.05) is 17.9 Å². The monoisotopic (exact) mass is 409 g/mol. The van der Waals surface area contributed by atoms with Crippen molar-refractivity contribution in [3.8, 4) is 0 Å². The number of nitrogens with zero attached hydrogens (tertiary/aromatic N) is 1. The Morgan fingerprint density at radius 2 is 1.73 bits per heavy atom. The summed E-state index contributed by atoms with van der Waals surface area (Å²) in [6.45, 7) is 3.84. The molecule has 0 radical (unpaired) electrons. The zero-order valence-electron chi connectivity index (χ0n) is 17.3. The third-order valence-electron chi connectivity index (χ3n) is 4.99. The Morgan fingerprint density at radius 1 is 1.03 bits per heavy atom. The lowest BCUT2D eigenvalue weighted by Crippen LogP contribution is -2.48. The van der Waals surface area contributed by atoms with Crippen LogP contribution in [0, 0.1) is 5.92 Å². The lowest BCUT2D eigenvalue weighted by molar-refractivity contribution is -0.150. The normalized spacial score (nSPS) is 13.9. The minimum atomic E-state index is -0.866. The smallest absolute Gasteiger partial charge is 0.329 e. The maximum Gasteiger partial charge on any atom is 0.329 e. The Kier molecular flexibility index (Phi) is 7.06. The second-order valence-electron chi connectivity index (χ2n) is 7.57. The summed E-state index contributed by atoms with van der Waals surface area (Å²) < 4.78 is 5.27. The van der Waals surface area contributed by atoms with Gasteiger partial charge in [0.2, 0.25) is 0 Å². The van der Waals surface area contributed by atoms with E-state index in [2.05, 4.69) is 10.6 Å². The summed E-state index contributed by atoms with van der Waals surface area (Å²) in [7, 11) is 0. The molecule has 0 aromatic heterocycles. The predicted octanol–water partition coefficient (Wildman–Crippen LogP) is 3.36. The molecule has 7 nitrogen and oxygen atoms in total. The van der Waals surface area contributed by atoms with Gasteiger partial charge in [-0.25, -0.2) is 9.59 Å². The van der Waals surface area contributed by atoms with Gasteiger partial charge in [0.1, 0.15) is 6.04 Å². The van der Waals surface area contributed by atoms with Crippen LogP contribution >= 0.6 is 0 Å². The first-order valence-electron chi connectivity index (χ1n) is 10.1. The van der Waals surface area contributed by atoms with E-state index < -0.39 is 18.0 Å². The molecule has 0 bridgehead atoms. The van der Waals surface area contributed by atoms with Crippen LogP contribution in [0.5, 0.6) is 0 Å². The Hall–Kier alpha value is -3.35. The van der Waals surface area contributed by atoms with Gasteiger partial charge in [-0.1, -0.05) is 50.2 Å². The third kappa shape index (κ3) is 5.37. The number of carbonyl (C=O) groups excluding carboxylic acids is 3. The molecule has 1 atom stereocenters. The average molecular weight is 409 g/mol. The number of para-hydroxylation sites is 2. The molecule has 0 fully saturated rings. The summed E-state index contributed by atoms with van der Waals surface area (Å²) >= 11 is 0. The van der Waals surface area contributed by atoms with Crippen molar-refractivity contribution in [3.63, 3.8) is 0 Å². The number of esters is 1. The Balaban J connectivity index is 1.56. The molecule has 7 heteroatoms. The van der Waals surface area contributed by atoms with E-state index in [1.165, 1.54) is 0 Å². The van der Waals surface area contributed by atoms with E-state index in [1.807, 2.05) is 30.3 Å². The first-order valence-corrected chi connectivity index (χ1v) is 10.1. The molecule has 1 aliphatic rings. The summed E-state index contributed by atoms with van der Waals surface area (Å²) in [6.07, 6.45) is 1.79. The van der Waals surface area contributed by atoms with Crippen molar-refractivity contribution in [2.45, 2.75) is 32.7 Å². The number of aryl methyl sites for hydroxylation is 1. The third-order valence-corrected chi connectivity index (χ3v) is 4.99. The highest BCUT2D eigenvalue weighted by Crippen LogP contribution is 2.26. The molecular formula is C23H27N3O4. The van der Waals surface area contributed by atoms with E-state index in [-0.39, 0.29) is 18.4 Å². The van der Waals surface area contributed by atoms with Crippen molar-refractivity contribution in [1.29, 1.82) is 0 Å². The maximum atomic E-state index is 12.7. The molecule has 1 heterocycles. The number of urea groups is 1. The zero-order chi connectivity index (χ0) is 21.5. The van der Waals surface area contributed by atoms with E-state index in [0.29, 0.717) is 12.2 Å². The molecule has 2 aromatic rings. The summed E-state index contributed by atoms with van der Waals surface area (Å²) in [4.78, 5) is 39.1. The number of carbonyl (C=O) groups is 3. The quantitative estimate of drug-likeness (QED) is 0.716. The molecule has 3 amide bonds. The van der Waals surface area contributed by atoms with Crippen molar-refractivity contribution in [2.24, 2.45) is 5.92 Å². The summed E-state index contributed by atoms with van der Waals surface area (Å²) in [5.74, 6) is -1.11. The number of amides is 3. The first kappa shape index (κ1) is 21.4. The van der Waals surface area contributed by atoms with Crippen molar-refractivity contribution in [1.82, 2.24) is 5.32 Å². The Bertz CT molecular complexity index is 898. The molecule has 0 spiro atoms. The van der Waals surface area contributed by atoms with Crippen molar-refractivity contribution >= 4 is 29.3 Å². The van der Waals surface area contributed by atoms with Gasteiger partial charge in [0.25, 0.3) is 5.91 Å². The topological polar surface area (TPSA) is 87.7 Å². The van der Waals surface area contributed by atoms with Crippen LogP contribution in [0.3, 0.4) is 0 Å². The van der Waals surface area contributed by atoms with Crippen LogP contribution in [-0.4, -0.2) is 37.1 Å². The molecule has 2 N–H and O–H groups in total. The zero-order valence-corrected chi connectivity index (χ0v) is 17.3. The number of fused-ring (bicyclic) bond motifs is 1. The average Bonchev–Trinajstić information content (AvgIpc) is 2.75. The van der Waals surface area contributed by atoms with E-state index >= 15 is 0 Å². The number of nitrogens with one attached hydrogen (secondary N) is 2. The Labute approximate surface area is 176 Å². The van der Waals surface area contributed by atoms with Crippen LogP contribution in [0.15, 0.2) is 54.6 Å². The highest BCUT2D eigenvalue weighted by atomic mass is 16.5. The van der Waals surface area contributed by atoms with E-state index in [0.717, 1.165) is 24.1 Å². The number of anilines is 2. The molecule has 158 valence electrons. The lowest BCUT2D eigenvalue weighted by atomic mass is 10.0. The second-order valence-corrected chi connectivity index (χ2v) is 7.57. The highest BCUT2D eigenvalue weighted by Gasteiger charge is 2.28. The molecular weight excluding hydrogens is 382 g/mol. The summed E-state index contributed by atoms with van der Waals surface area (Å²) in [5.41, 5.74) is 2.60. The van der Waals surface area contributed by atoms with Gasteiger partial charge >= 0.3 is 12.0 Å². The minimum Gasteiger partial charge on any atom is -0.454 e. The van der Waals surface area contributed by atoms with Crippen molar-refractivity contribution in [3.05, 3.63) is 60.2 Å². The van der Waals surface area contributed by atoms with Crippen molar-refractivity contribution in [2.75, 3.05) is 23.4 Å². The number of benzene rings is 2. The molecule has 0 saturated heterocycles. The predicted molar refractivity (Wildman–Crippen MR) is 115 cm³/mol. The second kappa shape index (κ2) is 9.91. The van der Waals surface area contributed by atoms with Crippen LogP contribution in [0.1, 0.15) is 25.8 Å². The largest absolute Gasteiger partial charge is 0.454 e. The molecule has 0 saturated carbocycles. The fourth-order valence-corrected chi connectivity index (χ4v) is 3.42. The molecule has 30 heavy (non-hydrogen) atoms. The van der Waals surface area contributed by atoms with Gasteiger partial charge < -0.3 is 20.3 Å². The molecule has 0 aliphatic carbocycles. The van der Waals surface area contributed by atoms with E-state index in [1.54, 1.807) is 43.0 Å². The fraction of sp³-hybridized carbons (Fsp3) is 0.348. The number of hydrogen-bond acceptors (Lipinski definition) is 4. The molecule has 0 unspecified atom stereocenters. The van der Waals surface area contributed by atoms with Gasteiger partial charge in [-0.15, -0.1) is 0 Å². The molecule has 1 aliphatic heterocycles. The number of rotatable bonds is 6. The summed E-state index contributed by atoms with van der Waals surface area (Å²) in [6, 6.07) is 15.3. The maximum absolute atomic E-state index is 12.7. The van der Waals surface area contributed by atoms with Crippen LogP contribution in [0.4, 0.5) is 16.2 Å². The van der Waals surface area contributed by atoms with Gasteiger partial charge in [-0.3, -0.25) is 4.79 Å². The van der Waals surface area contributed by atoms with E-state index in [9.17, 15) is 14.4 Å². The van der Waals surface area contributed by atoms with E-state index in [4.69, 9.17) is 4.74 Å². The van der Waals surface area contributed by atoms with Crippen molar-refractivity contribution < 1.29 is 19.1 Å². The van der Waals surface area contributed by atoms with Gasteiger partial charge in [-0.2, -0.15) is 0 Å². The van der Waals surface area contributed by atoms with Crippen LogP contribution in [-0.2, 0) is 20.7 Å². The van der Waals surface area contributed by atoms with Crippen LogP contribution in [0.25, 0.3) is 0 Å². The van der Waals surface area contributed by atoms with Gasteiger partial charge in [0.05, 0.1) is 0 Å². The number of hydrogen-bond donors (Lipinski definition) is 2. The first-order chi connectivity index (χ1) is 14.5. The molecule has 2 aromatic carbocycles. The lowest BCUT2D eigenvalue weighted by Gasteiger charge is -2.29. The molecule has 3 rings (SSSR count). The fourth-order valence-electron chi connectivity index (χ4n) is 3.42. The van der Waals surface area contributed by atoms with Gasteiger partial charge in [0.15, 0.2) is 6.61 Å². The summed E-state index contributed by atoms with van der Waals surface area (Å²) in [5, 5.41) is 5.31. The Morgan fingerprint density at radius 3 is 2.47 bits per heavy atom. The van der Waals surface area contributed by atoms with Crippen LogP contribution < -0.4 is 15.5 Å². The standard InChI is InChI=1S/C23H27N3O4/c1-16(2)21(25-23(29)24-18-11-4-3-5-12-18)22(28)30-15-20(27)26-14-8-10-17-9-6-7-13-19(17)26/h3-7,9,11-13,16,21H,8,10,14-15H2,1-2H3,(H2,24,25,29)/t21-/m0/s1. The van der Waals surface area contributed by atoms with Crippen LogP contribution in [0.2, 0.25) is 0 Å². The number of ether oxygens (including phenoxy) is 1. The van der Waals surface area contributed by atoms with Gasteiger partial charge in [-0.05, 0) is 42.5 Å². The SMILES string of the molecule is CC(C)[C@H](NC(=O)Nc1ccccc1)C(=O)OCC(=O)N1CCCc2ccccc21. The minimum absolute atomic E-state index is 0.204.